The van der Waals surface area contributed by atoms with Crippen LogP contribution in [0.4, 0.5) is 4.79 Å². The van der Waals surface area contributed by atoms with E-state index in [0.29, 0.717) is 18.8 Å². The second kappa shape index (κ2) is 7.12. The minimum absolute atomic E-state index is 0.118. The van der Waals surface area contributed by atoms with Crippen molar-refractivity contribution in [1.82, 2.24) is 15.1 Å². The summed E-state index contributed by atoms with van der Waals surface area (Å²) in [6.07, 6.45) is 1.12. The van der Waals surface area contributed by atoms with Gasteiger partial charge in [0.1, 0.15) is 5.76 Å². The number of carbonyl (C=O) groups excluding carboxylic acids is 1. The quantitative estimate of drug-likeness (QED) is 0.853. The van der Waals surface area contributed by atoms with Gasteiger partial charge in [-0.2, -0.15) is 0 Å². The van der Waals surface area contributed by atoms with E-state index in [1.54, 1.807) is 11.0 Å². The van der Waals surface area contributed by atoms with Crippen molar-refractivity contribution >= 4 is 12.0 Å². The van der Waals surface area contributed by atoms with Crippen molar-refractivity contribution < 1.29 is 19.1 Å². The number of carbonyl (C=O) groups is 2. The van der Waals surface area contributed by atoms with Gasteiger partial charge in [0.25, 0.3) is 0 Å². The molecule has 0 aliphatic carbocycles. The van der Waals surface area contributed by atoms with Crippen LogP contribution >= 0.6 is 0 Å². The molecule has 7 heteroatoms. The summed E-state index contributed by atoms with van der Waals surface area (Å²) in [6.45, 7) is 6.63. The van der Waals surface area contributed by atoms with E-state index in [-0.39, 0.29) is 18.3 Å². The molecule has 1 aromatic rings. The minimum Gasteiger partial charge on any atom is -0.475 e. The fourth-order valence-corrected chi connectivity index (χ4v) is 2.35. The number of nitrogens with zero attached hydrogens (tertiary/aromatic N) is 2. The van der Waals surface area contributed by atoms with E-state index in [1.807, 2.05) is 0 Å². The Morgan fingerprint density at radius 1 is 1.29 bits per heavy atom. The van der Waals surface area contributed by atoms with E-state index in [9.17, 15) is 9.59 Å². The first-order chi connectivity index (χ1) is 10.1. The number of carboxylic acids is 1. The van der Waals surface area contributed by atoms with Crippen molar-refractivity contribution in [3.05, 3.63) is 23.7 Å². The van der Waals surface area contributed by atoms with E-state index < -0.39 is 5.97 Å². The van der Waals surface area contributed by atoms with Gasteiger partial charge in [0.15, 0.2) is 0 Å². The number of carboxylic acid groups (broad SMARTS) is 1. The normalized spacial score (nSPS) is 16.0. The number of nitrogens with one attached hydrogen (secondary N) is 1. The highest BCUT2D eigenvalue weighted by Gasteiger charge is 2.20. The maximum atomic E-state index is 12.0. The molecule has 0 radical (unpaired) electrons. The van der Waals surface area contributed by atoms with Crippen LogP contribution in [0.5, 0.6) is 0 Å². The number of furan rings is 1. The fraction of sp³-hybridized carbons (Fsp3) is 0.571. The molecule has 1 saturated heterocycles. The number of rotatable bonds is 5. The molecule has 116 valence electrons. The Balaban J connectivity index is 1.75. The molecule has 2 N–H and O–H groups in total. The van der Waals surface area contributed by atoms with Gasteiger partial charge in [-0.1, -0.05) is 6.92 Å². The Morgan fingerprint density at radius 3 is 2.57 bits per heavy atom. The molecular formula is C14H21N3O4. The second-order valence-corrected chi connectivity index (χ2v) is 5.06. The third kappa shape index (κ3) is 4.22. The number of urea groups is 1. The van der Waals surface area contributed by atoms with E-state index in [1.165, 1.54) is 6.07 Å². The van der Waals surface area contributed by atoms with Gasteiger partial charge in [-0.25, -0.2) is 9.59 Å². The summed E-state index contributed by atoms with van der Waals surface area (Å²) >= 11 is 0. The smallest absolute Gasteiger partial charge is 0.371 e. The van der Waals surface area contributed by atoms with Crippen LogP contribution in [-0.4, -0.2) is 59.6 Å². The zero-order chi connectivity index (χ0) is 15.2. The van der Waals surface area contributed by atoms with Crippen LogP contribution in [-0.2, 0) is 6.54 Å². The largest absolute Gasteiger partial charge is 0.475 e. The average molecular weight is 295 g/mol. The van der Waals surface area contributed by atoms with Crippen LogP contribution in [0, 0.1) is 0 Å². The molecular weight excluding hydrogens is 274 g/mol. The Hall–Kier alpha value is -2.02. The molecule has 0 bridgehead atoms. The highest BCUT2D eigenvalue weighted by atomic mass is 16.4. The zero-order valence-corrected chi connectivity index (χ0v) is 12.2. The van der Waals surface area contributed by atoms with Crippen LogP contribution < -0.4 is 5.32 Å². The highest BCUT2D eigenvalue weighted by molar-refractivity contribution is 5.84. The first kappa shape index (κ1) is 15.4. The number of hydrogen-bond donors (Lipinski definition) is 2. The van der Waals surface area contributed by atoms with Gasteiger partial charge in [0, 0.05) is 26.2 Å². The van der Waals surface area contributed by atoms with Gasteiger partial charge >= 0.3 is 12.0 Å². The van der Waals surface area contributed by atoms with Crippen molar-refractivity contribution in [2.75, 3.05) is 32.7 Å². The summed E-state index contributed by atoms with van der Waals surface area (Å²) < 4.78 is 5.09. The van der Waals surface area contributed by atoms with E-state index in [0.717, 1.165) is 26.1 Å². The number of hydrogen-bond acceptors (Lipinski definition) is 4. The lowest BCUT2D eigenvalue weighted by Gasteiger charge is -2.34. The minimum atomic E-state index is -1.11. The summed E-state index contributed by atoms with van der Waals surface area (Å²) in [5.41, 5.74) is 0. The van der Waals surface area contributed by atoms with Crippen molar-refractivity contribution in [3.63, 3.8) is 0 Å². The highest BCUT2D eigenvalue weighted by Crippen LogP contribution is 2.08. The standard InChI is InChI=1S/C14H21N3O4/c1-2-5-16-6-8-17(9-7-16)14(20)15-10-11-3-4-12(21-11)13(18)19/h3-4H,2,5-10H2,1H3,(H,15,20)(H,18,19). The number of aromatic carboxylic acids is 1. The molecule has 1 aromatic heterocycles. The molecule has 0 atom stereocenters. The van der Waals surface area contributed by atoms with Crippen LogP contribution in [0.1, 0.15) is 29.7 Å². The Bertz CT molecular complexity index is 492. The van der Waals surface area contributed by atoms with Crippen molar-refractivity contribution in [2.24, 2.45) is 0 Å². The van der Waals surface area contributed by atoms with Gasteiger partial charge < -0.3 is 19.7 Å². The molecule has 0 unspecified atom stereocenters. The molecule has 0 aromatic carbocycles. The molecule has 1 fully saturated rings. The molecule has 2 amide bonds. The fourth-order valence-electron chi connectivity index (χ4n) is 2.35. The van der Waals surface area contributed by atoms with Crippen LogP contribution in [0.15, 0.2) is 16.5 Å². The Morgan fingerprint density at radius 2 is 2.00 bits per heavy atom. The summed E-state index contributed by atoms with van der Waals surface area (Å²) in [6, 6.07) is 2.80. The molecule has 7 nitrogen and oxygen atoms in total. The molecule has 0 spiro atoms. The van der Waals surface area contributed by atoms with E-state index in [2.05, 4.69) is 17.1 Å². The second-order valence-electron chi connectivity index (χ2n) is 5.06. The molecule has 0 saturated carbocycles. The predicted octanol–water partition coefficient (Wildman–Crippen LogP) is 1.21. The summed E-state index contributed by atoms with van der Waals surface area (Å²) in [5, 5.41) is 11.5. The topological polar surface area (TPSA) is 86.0 Å². The Labute approximate surface area is 123 Å². The third-order valence-corrected chi connectivity index (χ3v) is 3.49. The summed E-state index contributed by atoms with van der Waals surface area (Å²) in [4.78, 5) is 26.8. The predicted molar refractivity (Wildman–Crippen MR) is 76.2 cm³/mol. The summed E-state index contributed by atoms with van der Waals surface area (Å²) in [5.74, 6) is -0.794. The van der Waals surface area contributed by atoms with Crippen molar-refractivity contribution in [3.8, 4) is 0 Å². The molecule has 2 rings (SSSR count). The monoisotopic (exact) mass is 295 g/mol. The SMILES string of the molecule is CCCN1CCN(C(=O)NCc2ccc(C(=O)O)o2)CC1. The number of piperazine rings is 1. The average Bonchev–Trinajstić information content (AvgIpc) is 2.95. The maximum absolute atomic E-state index is 12.0. The van der Waals surface area contributed by atoms with Crippen LogP contribution in [0.3, 0.4) is 0 Å². The first-order valence-electron chi connectivity index (χ1n) is 7.17. The van der Waals surface area contributed by atoms with E-state index in [4.69, 9.17) is 9.52 Å². The zero-order valence-electron chi connectivity index (χ0n) is 12.2. The lowest BCUT2D eigenvalue weighted by atomic mass is 10.3. The summed E-state index contributed by atoms with van der Waals surface area (Å²) in [7, 11) is 0. The molecule has 2 heterocycles. The number of amides is 2. The van der Waals surface area contributed by atoms with Gasteiger partial charge in [-0.15, -0.1) is 0 Å². The Kier molecular flexibility index (Phi) is 5.21. The van der Waals surface area contributed by atoms with Crippen molar-refractivity contribution in [2.45, 2.75) is 19.9 Å². The van der Waals surface area contributed by atoms with Crippen molar-refractivity contribution in [1.29, 1.82) is 0 Å². The van der Waals surface area contributed by atoms with Gasteiger partial charge in [-0.3, -0.25) is 4.90 Å². The molecule has 1 aliphatic heterocycles. The van der Waals surface area contributed by atoms with Gasteiger partial charge in [-0.05, 0) is 25.1 Å². The third-order valence-electron chi connectivity index (χ3n) is 3.49. The van der Waals surface area contributed by atoms with Gasteiger partial charge in [0.2, 0.25) is 5.76 Å². The van der Waals surface area contributed by atoms with E-state index >= 15 is 0 Å². The lowest BCUT2D eigenvalue weighted by molar-refractivity contribution is 0.0660. The van der Waals surface area contributed by atoms with Crippen LogP contribution in [0.25, 0.3) is 0 Å². The first-order valence-corrected chi connectivity index (χ1v) is 7.17. The lowest BCUT2D eigenvalue weighted by Crippen LogP contribution is -2.51. The van der Waals surface area contributed by atoms with Crippen LogP contribution in [0.2, 0.25) is 0 Å². The molecule has 21 heavy (non-hydrogen) atoms. The molecule has 1 aliphatic rings. The maximum Gasteiger partial charge on any atom is 0.371 e. The van der Waals surface area contributed by atoms with Gasteiger partial charge in [0.05, 0.1) is 6.54 Å².